The van der Waals surface area contributed by atoms with Gasteiger partial charge in [0.15, 0.2) is 37.2 Å². The van der Waals surface area contributed by atoms with Gasteiger partial charge in [-0.15, -0.1) is 0 Å². The van der Waals surface area contributed by atoms with E-state index < -0.39 is 271 Å². The Bertz CT molecular complexity index is 5120. The Labute approximate surface area is 829 Å². The first kappa shape index (κ1) is 111. The van der Waals surface area contributed by atoms with Crippen LogP contribution in [0.15, 0.2) is 182 Å². The molecule has 40 nitrogen and oxygen atoms in total. The number of methoxy groups -OCH3 is 1. The number of hydrogen-bond donors (Lipinski definition) is 5. The maximum absolute atomic E-state index is 15.4. The van der Waals surface area contributed by atoms with Crippen molar-refractivity contribution in [3.8, 4) is 0 Å². The summed E-state index contributed by atoms with van der Waals surface area (Å²) in [6.07, 6.45) is -39.2. The third kappa shape index (κ3) is 31.5. The zero-order valence-electron chi connectivity index (χ0n) is 82.0. The van der Waals surface area contributed by atoms with Crippen LogP contribution in [-0.4, -0.2) is 295 Å². The van der Waals surface area contributed by atoms with Crippen molar-refractivity contribution in [1.82, 2.24) is 16.0 Å². The molecule has 41 heteroatoms. The Hall–Kier alpha value is -11.0. The van der Waals surface area contributed by atoms with E-state index >= 15 is 4.79 Å². The van der Waals surface area contributed by atoms with Gasteiger partial charge in [-0.3, -0.25) is 43.2 Å². The van der Waals surface area contributed by atoms with E-state index in [1.807, 2.05) is 182 Å². The van der Waals surface area contributed by atoms with E-state index in [4.69, 9.17) is 114 Å². The molecule has 0 unspecified atom stereocenters. The van der Waals surface area contributed by atoms with Crippen molar-refractivity contribution in [3.63, 3.8) is 0 Å². The molecule has 1 spiro atoms. The molecule has 0 aliphatic carbocycles. The Balaban J connectivity index is 0.957. The maximum Gasteiger partial charge on any atom is 0.367 e. The number of nitrogens with one attached hydrogen (secondary N) is 3. The predicted octanol–water partition coefficient (Wildman–Crippen LogP) is 6.62. The standard InChI is InChI=1S/C102H129N3O37Si/c1-59(106)103-81-74(130-63(5)110)46-101(99(117)119-10,141-91(81)89(134-67(9)114)80-57-128-100(118)102(140-80)47-75(131-64(6)111)82(104-60(2)107)90(142-102)86(133-66(8)113)79(132-65(7)112)56-123-62(4)109)129-58-76-84(115)85(116)83(105-61(3)108)96(135-76)138-87-78(55-121-49-69-34-22-15-23-35-69)137-98(95(127-53-73-42-30-19-31-43-73)93(87)125-51-71-38-26-17-27-39-71)139-88-77(54-120-48-68-32-20-14-21-33-68)136-97(122-44-45-143(11,12)13)94(126-52-72-40-28-18-29-41-72)92(88)124-50-70-36-24-16-25-37-70/h14-43,74-98,115-116H,44-58H2,1-13H3,(H,103,106)(H,104,107)(H,105,108)/t74-,75-,76+,77+,78+,79+,80+,81+,82+,83+,84-,85+,86+,87-,88+,89+,90+,91+,92-,93-,94+,95+,96-,97+,98-,101+,102+/m0/s1. The Morgan fingerprint density at radius 3 is 1.27 bits per heavy atom. The van der Waals surface area contributed by atoms with Crippen LogP contribution < -0.4 is 16.0 Å². The van der Waals surface area contributed by atoms with Crippen LogP contribution in [0.5, 0.6) is 0 Å². The summed E-state index contributed by atoms with van der Waals surface area (Å²) in [5.74, 6) is -17.8. The van der Waals surface area contributed by atoms with E-state index in [0.717, 1.165) is 97.7 Å². The molecule has 12 rings (SSSR count). The quantitative estimate of drug-likeness (QED) is 0.0152. The van der Waals surface area contributed by atoms with Crippen molar-refractivity contribution in [3.05, 3.63) is 215 Å². The second kappa shape index (κ2) is 52.7. The van der Waals surface area contributed by atoms with Crippen LogP contribution in [0.4, 0.5) is 0 Å². The second-order valence-electron chi connectivity index (χ2n) is 36.7. The highest BCUT2D eigenvalue weighted by Crippen LogP contribution is 2.46. The number of aliphatic hydroxyl groups is 2. The molecule has 6 fully saturated rings. The van der Waals surface area contributed by atoms with E-state index in [0.29, 0.717) is 17.7 Å². The van der Waals surface area contributed by atoms with Crippen LogP contribution in [-0.2, 0) is 206 Å². The normalized spacial score (nSPS) is 29.2. The molecule has 6 aromatic rings. The molecule has 0 aromatic heterocycles. The minimum Gasteiger partial charge on any atom is -0.465 e. The summed E-state index contributed by atoms with van der Waals surface area (Å²) in [6, 6.07) is 51.7. The molecule has 0 radical (unpaired) electrons. The molecule has 27 atom stereocenters. The van der Waals surface area contributed by atoms with Gasteiger partial charge < -0.3 is 140 Å². The van der Waals surface area contributed by atoms with E-state index in [9.17, 15) is 58.2 Å². The van der Waals surface area contributed by atoms with Crippen LogP contribution in [0.1, 0.15) is 109 Å². The third-order valence-electron chi connectivity index (χ3n) is 24.1. The number of rotatable bonds is 46. The molecule has 5 N–H and O–H groups in total. The van der Waals surface area contributed by atoms with Gasteiger partial charge in [0.2, 0.25) is 17.7 Å². The van der Waals surface area contributed by atoms with Crippen molar-refractivity contribution >= 4 is 73.5 Å². The van der Waals surface area contributed by atoms with Gasteiger partial charge in [-0.25, -0.2) is 9.59 Å². The largest absolute Gasteiger partial charge is 0.465 e. The van der Waals surface area contributed by atoms with Crippen molar-refractivity contribution < 1.29 is 177 Å². The Morgan fingerprint density at radius 1 is 0.427 bits per heavy atom. The van der Waals surface area contributed by atoms with Crippen molar-refractivity contribution in [2.45, 2.75) is 305 Å². The first-order chi connectivity index (χ1) is 68.4. The predicted molar refractivity (Wildman–Crippen MR) is 500 cm³/mol. The monoisotopic (exact) mass is 2020 g/mol. The van der Waals surface area contributed by atoms with Gasteiger partial charge in [-0.1, -0.05) is 202 Å². The van der Waals surface area contributed by atoms with E-state index in [2.05, 4.69) is 35.6 Å². The summed E-state index contributed by atoms with van der Waals surface area (Å²) in [5, 5.41) is 33.5. The smallest absolute Gasteiger partial charge is 0.367 e. The average Bonchev–Trinajstić information content (AvgIpc) is 0.732. The maximum atomic E-state index is 15.4. The van der Waals surface area contributed by atoms with Crippen LogP contribution in [0.25, 0.3) is 0 Å². The number of benzene rings is 6. The lowest BCUT2D eigenvalue weighted by Gasteiger charge is -2.53. The number of cyclic esters (lactones) is 1. The zero-order chi connectivity index (χ0) is 103. The molecule has 6 saturated heterocycles. The van der Waals surface area contributed by atoms with Gasteiger partial charge in [-0.05, 0) is 39.4 Å². The highest BCUT2D eigenvalue weighted by atomic mass is 28.3. The number of carbonyl (C=O) groups is 11. The molecule has 6 heterocycles. The summed E-state index contributed by atoms with van der Waals surface area (Å²) in [7, 11) is -0.875. The summed E-state index contributed by atoms with van der Waals surface area (Å²) in [6.45, 7) is 12.4. The molecule has 6 aliphatic rings. The van der Waals surface area contributed by atoms with Gasteiger partial charge in [0.05, 0.1) is 91.5 Å². The summed E-state index contributed by atoms with van der Waals surface area (Å²) in [5.41, 5.74) is 4.54. The minimum absolute atomic E-state index is 0.0208. The lowest BCUT2D eigenvalue weighted by molar-refractivity contribution is -0.389. The fourth-order valence-corrected chi connectivity index (χ4v) is 18.5. The van der Waals surface area contributed by atoms with E-state index in [1.54, 1.807) is 0 Å². The number of hydrogen-bond acceptors (Lipinski definition) is 37. The highest BCUT2D eigenvalue weighted by molar-refractivity contribution is 6.76. The Morgan fingerprint density at radius 2 is 0.839 bits per heavy atom. The average molecular weight is 2020 g/mol. The van der Waals surface area contributed by atoms with Crippen molar-refractivity contribution in [1.29, 1.82) is 0 Å². The van der Waals surface area contributed by atoms with Crippen molar-refractivity contribution in [2.24, 2.45) is 0 Å². The molecular formula is C102H129N3O37Si. The summed E-state index contributed by atoms with van der Waals surface area (Å²) < 4.78 is 159. The second-order valence-corrected chi connectivity index (χ2v) is 42.4. The number of aliphatic hydroxyl groups excluding tert-OH is 2. The molecule has 3 amide bonds. The van der Waals surface area contributed by atoms with Gasteiger partial charge in [0, 0.05) is 77.0 Å². The van der Waals surface area contributed by atoms with E-state index in [1.165, 1.54) is 0 Å². The van der Waals surface area contributed by atoms with Crippen LogP contribution >= 0.6 is 0 Å². The van der Waals surface area contributed by atoms with Crippen LogP contribution in [0.3, 0.4) is 0 Å². The van der Waals surface area contributed by atoms with Crippen molar-refractivity contribution in [2.75, 3.05) is 46.8 Å². The lowest BCUT2D eigenvalue weighted by Crippen LogP contribution is -2.73. The summed E-state index contributed by atoms with van der Waals surface area (Å²) >= 11 is 0. The van der Waals surface area contributed by atoms with Crippen LogP contribution in [0.2, 0.25) is 25.7 Å². The lowest BCUT2D eigenvalue weighted by atomic mass is 9.86. The fourth-order valence-electron chi connectivity index (χ4n) is 17.7. The topological polar surface area (TPSA) is 486 Å². The number of esters is 8. The highest BCUT2D eigenvalue weighted by Gasteiger charge is 2.66. The Kier molecular flexibility index (Phi) is 40.8. The minimum atomic E-state index is -3.05. The van der Waals surface area contributed by atoms with Gasteiger partial charge >= 0.3 is 47.8 Å². The number of carbonyl (C=O) groups excluding carboxylic acids is 11. The fraction of sp³-hybridized carbons (Fsp3) is 0.539. The molecule has 6 aromatic carbocycles. The first-order valence-electron chi connectivity index (χ1n) is 47.3. The molecular weight excluding hydrogens is 1890 g/mol. The SMILES string of the molecule is COC(=O)[C@@]1(OC[C@H]2O[C@@H](O[C@@H]3[C@H](OCc4ccccc4)[C@@H](OCc4ccccc4)[C@H](O[C@H]4[C@H](OCc5ccccc5)[C@@H](OCc5ccccc5)[C@H](OCC[Si](C)(C)C)O[C@@H]4COCc4ccccc4)O[C@@H]3COCc3ccccc3)[C@H](NC(C)=O)[C@@H](O)[C@H]2O)C[C@H](OC(C)=O)[C@@H](NC(C)=O)[C@H]([C@H](OC(C)=O)[C@H]2COC(=O)[C@]3(C[C@H](OC(C)=O)[C@@H](NC(C)=O)[C@H]([C@H](OC(C)=O)[C@@H](COC(C)=O)OC(C)=O)O3)O2)O1. The summed E-state index contributed by atoms with van der Waals surface area (Å²) in [4.78, 5) is 151. The van der Waals surface area contributed by atoms with E-state index in [-0.39, 0.29) is 52.9 Å². The number of ether oxygens (including phenoxy) is 24. The zero-order valence-corrected chi connectivity index (χ0v) is 83.0. The van der Waals surface area contributed by atoms with Gasteiger partial charge in [-0.2, -0.15) is 0 Å². The van der Waals surface area contributed by atoms with Crippen LogP contribution in [0, 0.1) is 0 Å². The van der Waals surface area contributed by atoms with Gasteiger partial charge in [0.25, 0.3) is 11.6 Å². The molecule has 0 saturated carbocycles. The molecule has 0 bridgehead atoms. The molecule has 6 aliphatic heterocycles. The first-order valence-corrected chi connectivity index (χ1v) is 51.0. The molecule has 143 heavy (non-hydrogen) atoms. The van der Waals surface area contributed by atoms with Gasteiger partial charge in [0.1, 0.15) is 117 Å². The molecule has 778 valence electrons. The number of amides is 3. The third-order valence-corrected chi connectivity index (χ3v) is 25.8.